The van der Waals surface area contributed by atoms with Gasteiger partial charge < -0.3 is 15.0 Å². The normalized spacial score (nSPS) is 26.8. The molecule has 1 aromatic carbocycles. The first-order valence-electron chi connectivity index (χ1n) is 11.1. The number of ether oxygens (including phenoxy) is 1. The van der Waals surface area contributed by atoms with Gasteiger partial charge in [0.25, 0.3) is 0 Å². The molecular weight excluding hydrogens is 376 g/mol. The number of aromatic nitrogens is 4. The molecule has 2 saturated heterocycles. The average Bonchev–Trinajstić information content (AvgIpc) is 3.08. The summed E-state index contributed by atoms with van der Waals surface area (Å²) in [5.74, 6) is 3.24. The predicted molar refractivity (Wildman–Crippen MR) is 116 cm³/mol. The van der Waals surface area contributed by atoms with E-state index in [0.29, 0.717) is 6.04 Å². The smallest absolute Gasteiger partial charge is 0.148 e. The fourth-order valence-corrected chi connectivity index (χ4v) is 5.31. The molecule has 3 fully saturated rings. The largest absolute Gasteiger partial charge is 0.381 e. The molecule has 30 heavy (non-hydrogen) atoms. The Morgan fingerprint density at radius 1 is 1.07 bits per heavy atom. The molecule has 7 nitrogen and oxygen atoms in total. The Morgan fingerprint density at radius 2 is 1.90 bits per heavy atom. The Kier molecular flexibility index (Phi) is 4.46. The second-order valence-electron chi connectivity index (χ2n) is 9.15. The highest BCUT2D eigenvalue weighted by Gasteiger charge is 2.55. The van der Waals surface area contributed by atoms with Crippen LogP contribution in [0.5, 0.6) is 0 Å². The van der Waals surface area contributed by atoms with E-state index >= 15 is 0 Å². The second-order valence-corrected chi connectivity index (χ2v) is 9.15. The molecular formula is C23H28N6O. The Labute approximate surface area is 176 Å². The van der Waals surface area contributed by atoms with E-state index in [1.165, 1.54) is 32.5 Å². The molecule has 2 aliphatic heterocycles. The van der Waals surface area contributed by atoms with Crippen LogP contribution in [0.3, 0.4) is 0 Å². The van der Waals surface area contributed by atoms with Crippen LogP contribution >= 0.6 is 0 Å². The van der Waals surface area contributed by atoms with E-state index in [4.69, 9.17) is 4.74 Å². The molecule has 0 unspecified atom stereocenters. The minimum Gasteiger partial charge on any atom is -0.381 e. The summed E-state index contributed by atoms with van der Waals surface area (Å²) in [7, 11) is 1.94. The Balaban J connectivity index is 1.05. The fourth-order valence-electron chi connectivity index (χ4n) is 5.31. The molecule has 156 valence electrons. The molecule has 0 radical (unpaired) electrons. The topological polar surface area (TPSA) is 68.1 Å². The van der Waals surface area contributed by atoms with Crippen LogP contribution < -0.4 is 5.32 Å². The second kappa shape index (κ2) is 7.32. The molecule has 3 atom stereocenters. The first kappa shape index (κ1) is 18.3. The van der Waals surface area contributed by atoms with Gasteiger partial charge in [-0.25, -0.2) is 0 Å². The third-order valence-electron chi connectivity index (χ3n) is 7.02. The van der Waals surface area contributed by atoms with Crippen LogP contribution in [0.4, 0.5) is 5.82 Å². The summed E-state index contributed by atoms with van der Waals surface area (Å²) in [6.07, 6.45) is 4.48. The van der Waals surface area contributed by atoms with E-state index in [1.807, 2.05) is 24.0 Å². The van der Waals surface area contributed by atoms with Gasteiger partial charge in [0.05, 0.1) is 11.2 Å². The van der Waals surface area contributed by atoms with Crippen molar-refractivity contribution in [1.29, 1.82) is 0 Å². The molecule has 0 amide bonds. The maximum atomic E-state index is 5.49. The minimum absolute atomic E-state index is 0.558. The molecule has 3 aliphatic rings. The van der Waals surface area contributed by atoms with Crippen molar-refractivity contribution in [3.8, 4) is 11.3 Å². The van der Waals surface area contributed by atoms with Crippen molar-refractivity contribution in [1.82, 2.24) is 24.9 Å². The molecule has 3 aromatic rings. The molecule has 4 heterocycles. The maximum absolute atomic E-state index is 5.49. The number of nitrogens with one attached hydrogen (secondary N) is 1. The van der Waals surface area contributed by atoms with Gasteiger partial charge in [0.1, 0.15) is 5.82 Å². The van der Waals surface area contributed by atoms with Gasteiger partial charge in [-0.1, -0.05) is 6.07 Å². The Morgan fingerprint density at radius 3 is 2.67 bits per heavy atom. The summed E-state index contributed by atoms with van der Waals surface area (Å²) in [4.78, 5) is 2.66. The predicted octanol–water partition coefficient (Wildman–Crippen LogP) is 2.80. The summed E-state index contributed by atoms with van der Waals surface area (Å²) in [5, 5.41) is 18.1. The number of anilines is 1. The fraction of sp³-hybridized carbons (Fsp3) is 0.522. The molecule has 1 N–H and O–H groups in total. The van der Waals surface area contributed by atoms with Crippen LogP contribution in [-0.2, 0) is 11.8 Å². The van der Waals surface area contributed by atoms with Gasteiger partial charge in [-0.2, -0.15) is 5.10 Å². The summed E-state index contributed by atoms with van der Waals surface area (Å²) < 4.78 is 7.33. The van der Waals surface area contributed by atoms with E-state index in [9.17, 15) is 0 Å². The van der Waals surface area contributed by atoms with Gasteiger partial charge in [-0.3, -0.25) is 4.68 Å². The van der Waals surface area contributed by atoms with Gasteiger partial charge in [0, 0.05) is 63.1 Å². The molecule has 7 heteroatoms. The van der Waals surface area contributed by atoms with Crippen LogP contribution in [0.2, 0.25) is 0 Å². The zero-order chi connectivity index (χ0) is 20.1. The van der Waals surface area contributed by atoms with Gasteiger partial charge in [-0.05, 0) is 54.9 Å². The monoisotopic (exact) mass is 404 g/mol. The zero-order valence-corrected chi connectivity index (χ0v) is 17.4. The summed E-state index contributed by atoms with van der Waals surface area (Å²) >= 11 is 0. The van der Waals surface area contributed by atoms with E-state index in [2.05, 4.69) is 49.8 Å². The van der Waals surface area contributed by atoms with Crippen LogP contribution in [-0.4, -0.2) is 63.8 Å². The molecule has 6 rings (SSSR count). The maximum Gasteiger partial charge on any atom is 0.148 e. The first-order valence-corrected chi connectivity index (χ1v) is 11.1. The SMILES string of the molecule is Cn1cc2cc(-c3ccc(N[C@H]4[C@@H]5CN(CC6CCOCC6)C[C@@H]54)nn3)ccc2n1. The average molecular weight is 405 g/mol. The van der Waals surface area contributed by atoms with Crippen molar-refractivity contribution < 1.29 is 4.74 Å². The summed E-state index contributed by atoms with van der Waals surface area (Å²) in [5.41, 5.74) is 2.96. The van der Waals surface area contributed by atoms with Gasteiger partial charge >= 0.3 is 0 Å². The zero-order valence-electron chi connectivity index (χ0n) is 17.4. The lowest BCUT2D eigenvalue weighted by Gasteiger charge is -2.28. The van der Waals surface area contributed by atoms with Crippen molar-refractivity contribution in [2.45, 2.75) is 18.9 Å². The van der Waals surface area contributed by atoms with E-state index in [1.54, 1.807) is 0 Å². The lowest BCUT2D eigenvalue weighted by Crippen LogP contribution is -2.34. The third kappa shape index (κ3) is 3.46. The highest BCUT2D eigenvalue weighted by molar-refractivity contribution is 5.83. The third-order valence-corrected chi connectivity index (χ3v) is 7.02. The van der Waals surface area contributed by atoms with E-state index in [-0.39, 0.29) is 0 Å². The standard InChI is InChI=1S/C23H28N6O/c1-28-12-17-10-16(2-3-21(17)27-28)20-4-5-22(26-25-20)24-23-18-13-29(14-19(18)23)11-15-6-8-30-9-7-15/h2-5,10,12,15,18-19,23H,6-9,11,13-14H2,1H3,(H,24,26)/t18-,19+,23+. The minimum atomic E-state index is 0.558. The number of fused-ring (bicyclic) bond motifs is 2. The quantitative estimate of drug-likeness (QED) is 0.705. The summed E-state index contributed by atoms with van der Waals surface area (Å²) in [6.45, 7) is 5.58. The van der Waals surface area contributed by atoms with E-state index < -0.39 is 0 Å². The van der Waals surface area contributed by atoms with Crippen LogP contribution in [0.1, 0.15) is 12.8 Å². The van der Waals surface area contributed by atoms with Crippen molar-refractivity contribution in [2.24, 2.45) is 24.8 Å². The number of piperidine rings is 1. The van der Waals surface area contributed by atoms with E-state index in [0.717, 1.165) is 58.9 Å². The molecule has 2 aromatic heterocycles. The van der Waals surface area contributed by atoms with Crippen LogP contribution in [0.15, 0.2) is 36.5 Å². The van der Waals surface area contributed by atoms with Crippen molar-refractivity contribution in [3.05, 3.63) is 36.5 Å². The lowest BCUT2D eigenvalue weighted by atomic mass is 10.00. The van der Waals surface area contributed by atoms with Crippen molar-refractivity contribution in [2.75, 3.05) is 38.2 Å². The van der Waals surface area contributed by atoms with Crippen LogP contribution in [0, 0.1) is 17.8 Å². The Bertz CT molecular complexity index is 1030. The molecule has 1 aliphatic carbocycles. The summed E-state index contributed by atoms with van der Waals surface area (Å²) in [6, 6.07) is 10.9. The highest BCUT2D eigenvalue weighted by atomic mass is 16.5. The van der Waals surface area contributed by atoms with Gasteiger partial charge in [-0.15, -0.1) is 10.2 Å². The highest BCUT2D eigenvalue weighted by Crippen LogP contribution is 2.47. The Hall–Kier alpha value is -2.51. The number of hydrogen-bond donors (Lipinski definition) is 1. The van der Waals surface area contributed by atoms with Gasteiger partial charge in [0.2, 0.25) is 0 Å². The molecule has 0 spiro atoms. The number of aryl methyl sites for hydroxylation is 1. The van der Waals surface area contributed by atoms with Crippen molar-refractivity contribution in [3.63, 3.8) is 0 Å². The molecule has 0 bridgehead atoms. The number of likely N-dealkylation sites (tertiary alicyclic amines) is 1. The number of hydrogen-bond acceptors (Lipinski definition) is 6. The first-order chi connectivity index (χ1) is 14.7. The van der Waals surface area contributed by atoms with Crippen molar-refractivity contribution >= 4 is 16.7 Å². The number of nitrogens with zero attached hydrogens (tertiary/aromatic N) is 5. The number of rotatable bonds is 5. The molecule has 1 saturated carbocycles. The van der Waals surface area contributed by atoms with Gasteiger partial charge in [0.15, 0.2) is 0 Å². The lowest BCUT2D eigenvalue weighted by molar-refractivity contribution is 0.0540. The number of benzene rings is 1. The van der Waals surface area contributed by atoms with Crippen LogP contribution in [0.25, 0.3) is 22.2 Å².